The van der Waals surface area contributed by atoms with Crippen LogP contribution in [-0.4, -0.2) is 35.0 Å². The van der Waals surface area contributed by atoms with Crippen molar-refractivity contribution in [3.05, 3.63) is 0 Å². The van der Waals surface area contributed by atoms with Crippen molar-refractivity contribution in [3.63, 3.8) is 0 Å². The lowest BCUT2D eigenvalue weighted by molar-refractivity contribution is 0.266. The zero-order chi connectivity index (χ0) is 9.03. The second-order valence-corrected chi connectivity index (χ2v) is 5.64. The average Bonchev–Trinajstić information content (AvgIpc) is 1.99. The van der Waals surface area contributed by atoms with E-state index in [0.717, 1.165) is 13.0 Å². The molecule has 1 heterocycles. The molecule has 0 saturated carbocycles. The summed E-state index contributed by atoms with van der Waals surface area (Å²) >= 11 is 2.06. The minimum Gasteiger partial charge on any atom is -0.300 e. The molecule has 0 aromatic heterocycles. The molecule has 0 aliphatic carbocycles. The number of rotatable bonds is 2. The normalized spacial score (nSPS) is 23.4. The first kappa shape index (κ1) is 9.95. The molecule has 0 aromatic rings. The van der Waals surface area contributed by atoms with Gasteiger partial charge in [-0.25, -0.2) is 0 Å². The van der Waals surface area contributed by atoms with Crippen molar-refractivity contribution in [1.82, 2.24) is 4.90 Å². The van der Waals surface area contributed by atoms with Crippen LogP contribution in [0.25, 0.3) is 0 Å². The van der Waals surface area contributed by atoms with E-state index in [1.807, 2.05) is 0 Å². The predicted octanol–water partition coefficient (Wildman–Crippen LogP) is 1.84. The SMILES string of the molecule is C#CCCN1CCSC(C)(C)C1. The average molecular weight is 183 g/mol. The molecule has 1 rings (SSSR count). The van der Waals surface area contributed by atoms with Gasteiger partial charge in [-0.05, 0) is 13.8 Å². The Labute approximate surface area is 79.9 Å². The molecule has 0 aromatic carbocycles. The van der Waals surface area contributed by atoms with Crippen LogP contribution in [0.1, 0.15) is 20.3 Å². The topological polar surface area (TPSA) is 3.24 Å². The van der Waals surface area contributed by atoms with Gasteiger partial charge in [0.2, 0.25) is 0 Å². The van der Waals surface area contributed by atoms with Crippen LogP contribution in [-0.2, 0) is 0 Å². The van der Waals surface area contributed by atoms with E-state index in [-0.39, 0.29) is 0 Å². The van der Waals surface area contributed by atoms with Crippen molar-refractivity contribution in [3.8, 4) is 12.3 Å². The van der Waals surface area contributed by atoms with Crippen molar-refractivity contribution in [1.29, 1.82) is 0 Å². The molecule has 0 unspecified atom stereocenters. The zero-order valence-electron chi connectivity index (χ0n) is 7.97. The van der Waals surface area contributed by atoms with E-state index in [9.17, 15) is 0 Å². The lowest BCUT2D eigenvalue weighted by Crippen LogP contribution is -2.43. The highest BCUT2D eigenvalue weighted by Gasteiger charge is 2.26. The fraction of sp³-hybridized carbons (Fsp3) is 0.800. The summed E-state index contributed by atoms with van der Waals surface area (Å²) in [4.78, 5) is 2.47. The molecule has 0 amide bonds. The molecule has 2 heteroatoms. The third-order valence-electron chi connectivity index (χ3n) is 2.08. The molecule has 1 nitrogen and oxygen atoms in total. The molecule has 12 heavy (non-hydrogen) atoms. The second-order valence-electron chi connectivity index (χ2n) is 3.84. The molecule has 0 radical (unpaired) electrons. The van der Waals surface area contributed by atoms with E-state index in [0.29, 0.717) is 4.75 Å². The molecule has 1 saturated heterocycles. The Morgan fingerprint density at radius 3 is 2.92 bits per heavy atom. The minimum absolute atomic E-state index is 0.423. The molecule has 0 spiro atoms. The van der Waals surface area contributed by atoms with Crippen molar-refractivity contribution in [2.75, 3.05) is 25.4 Å². The van der Waals surface area contributed by atoms with Crippen LogP contribution in [0.3, 0.4) is 0 Å². The third kappa shape index (κ3) is 3.08. The highest BCUT2D eigenvalue weighted by atomic mass is 32.2. The van der Waals surface area contributed by atoms with E-state index in [1.54, 1.807) is 0 Å². The van der Waals surface area contributed by atoms with E-state index < -0.39 is 0 Å². The van der Waals surface area contributed by atoms with Gasteiger partial charge in [0.25, 0.3) is 0 Å². The Balaban J connectivity index is 2.32. The van der Waals surface area contributed by atoms with Crippen LogP contribution in [0.5, 0.6) is 0 Å². The quantitative estimate of drug-likeness (QED) is 0.601. The third-order valence-corrected chi connectivity index (χ3v) is 3.37. The van der Waals surface area contributed by atoms with Crippen LogP contribution >= 0.6 is 11.8 Å². The molecular weight excluding hydrogens is 166 g/mol. The van der Waals surface area contributed by atoms with Gasteiger partial charge in [-0.2, -0.15) is 11.8 Å². The Morgan fingerprint density at radius 2 is 2.33 bits per heavy atom. The Bertz CT molecular complexity index is 181. The number of hydrogen-bond donors (Lipinski definition) is 0. The maximum atomic E-state index is 5.23. The summed E-state index contributed by atoms with van der Waals surface area (Å²) in [5.41, 5.74) is 0. The van der Waals surface area contributed by atoms with Gasteiger partial charge >= 0.3 is 0 Å². The van der Waals surface area contributed by atoms with Gasteiger partial charge in [-0.1, -0.05) is 0 Å². The van der Waals surface area contributed by atoms with Crippen molar-refractivity contribution >= 4 is 11.8 Å². The fourth-order valence-electron chi connectivity index (χ4n) is 1.53. The van der Waals surface area contributed by atoms with E-state index in [1.165, 1.54) is 18.8 Å². The molecule has 1 aliphatic rings. The van der Waals surface area contributed by atoms with Gasteiger partial charge in [0.15, 0.2) is 0 Å². The first-order chi connectivity index (χ1) is 5.64. The van der Waals surface area contributed by atoms with Crippen LogP contribution in [0.2, 0.25) is 0 Å². The van der Waals surface area contributed by atoms with Gasteiger partial charge < -0.3 is 4.90 Å². The standard InChI is InChI=1S/C10H17NS/c1-4-5-6-11-7-8-12-10(2,3)9-11/h1H,5-9H2,2-3H3. The monoisotopic (exact) mass is 183 g/mol. The largest absolute Gasteiger partial charge is 0.300 e. The molecular formula is C10H17NS. The number of terminal acetylenes is 1. The van der Waals surface area contributed by atoms with Gasteiger partial charge in [0.05, 0.1) is 0 Å². The fourth-order valence-corrected chi connectivity index (χ4v) is 2.70. The summed E-state index contributed by atoms with van der Waals surface area (Å²) in [7, 11) is 0. The van der Waals surface area contributed by atoms with Gasteiger partial charge in [-0.3, -0.25) is 0 Å². The van der Waals surface area contributed by atoms with Crippen molar-refractivity contribution < 1.29 is 0 Å². The predicted molar refractivity (Wildman–Crippen MR) is 56.4 cm³/mol. The second kappa shape index (κ2) is 4.20. The molecule has 68 valence electrons. The Morgan fingerprint density at radius 1 is 1.58 bits per heavy atom. The number of thioether (sulfide) groups is 1. The van der Waals surface area contributed by atoms with E-state index in [2.05, 4.69) is 36.4 Å². The summed E-state index contributed by atoms with van der Waals surface area (Å²) in [5, 5.41) is 0. The molecule has 0 atom stereocenters. The smallest absolute Gasteiger partial charge is 0.0231 e. The molecule has 1 aliphatic heterocycles. The maximum Gasteiger partial charge on any atom is 0.0231 e. The summed E-state index contributed by atoms with van der Waals surface area (Å²) in [5.74, 6) is 3.94. The number of nitrogens with zero attached hydrogens (tertiary/aromatic N) is 1. The van der Waals surface area contributed by atoms with Crippen LogP contribution < -0.4 is 0 Å². The van der Waals surface area contributed by atoms with Crippen LogP contribution in [0.15, 0.2) is 0 Å². The van der Waals surface area contributed by atoms with Gasteiger partial charge in [0.1, 0.15) is 0 Å². The van der Waals surface area contributed by atoms with Crippen LogP contribution in [0.4, 0.5) is 0 Å². The van der Waals surface area contributed by atoms with E-state index in [4.69, 9.17) is 6.42 Å². The maximum absolute atomic E-state index is 5.23. The molecule has 1 fully saturated rings. The summed E-state index contributed by atoms with van der Waals surface area (Å²) in [6.07, 6.45) is 6.12. The zero-order valence-corrected chi connectivity index (χ0v) is 8.78. The van der Waals surface area contributed by atoms with Crippen LogP contribution in [0, 0.1) is 12.3 Å². The Hall–Kier alpha value is -0.130. The molecule has 0 N–H and O–H groups in total. The summed E-state index contributed by atoms with van der Waals surface area (Å²) in [6.45, 7) is 8.06. The lowest BCUT2D eigenvalue weighted by Gasteiger charge is -2.37. The van der Waals surface area contributed by atoms with Crippen molar-refractivity contribution in [2.24, 2.45) is 0 Å². The summed E-state index contributed by atoms with van der Waals surface area (Å²) in [6, 6.07) is 0. The Kier molecular flexibility index (Phi) is 3.49. The first-order valence-corrected chi connectivity index (χ1v) is 5.42. The minimum atomic E-state index is 0.423. The van der Waals surface area contributed by atoms with Crippen molar-refractivity contribution in [2.45, 2.75) is 25.0 Å². The highest BCUT2D eigenvalue weighted by Crippen LogP contribution is 2.29. The lowest BCUT2D eigenvalue weighted by atomic mass is 10.2. The number of hydrogen-bond acceptors (Lipinski definition) is 2. The summed E-state index contributed by atoms with van der Waals surface area (Å²) < 4.78 is 0.423. The highest BCUT2D eigenvalue weighted by molar-refractivity contribution is 8.00. The molecule has 0 bridgehead atoms. The van der Waals surface area contributed by atoms with Gasteiger partial charge in [-0.15, -0.1) is 12.3 Å². The van der Waals surface area contributed by atoms with Gasteiger partial charge in [0, 0.05) is 36.6 Å². The van der Waals surface area contributed by atoms with E-state index >= 15 is 0 Å². The first-order valence-electron chi connectivity index (χ1n) is 4.44.